The number of hydrogen-bond acceptors (Lipinski definition) is 5. The number of fused-ring (bicyclic) bond motifs is 1. The highest BCUT2D eigenvalue weighted by atomic mass is 127. The minimum absolute atomic E-state index is 0.0331. The van der Waals surface area contributed by atoms with Crippen LogP contribution < -0.4 is 10.1 Å². The first kappa shape index (κ1) is 15.8. The van der Waals surface area contributed by atoms with Gasteiger partial charge >= 0.3 is 6.61 Å². The number of alkyl halides is 2. The minimum Gasteiger partial charge on any atom is -0.433 e. The normalized spacial score (nSPS) is 11.0. The Morgan fingerprint density at radius 1 is 1.13 bits per heavy atom. The number of halogens is 3. The number of hydrogen-bond donors (Lipinski definition) is 1. The van der Waals surface area contributed by atoms with Crippen molar-refractivity contribution >= 4 is 39.3 Å². The third-order valence-electron chi connectivity index (χ3n) is 3.06. The summed E-state index contributed by atoms with van der Waals surface area (Å²) in [6.07, 6.45) is 2.76. The number of pyridine rings is 1. The zero-order valence-corrected chi connectivity index (χ0v) is 13.9. The highest BCUT2D eigenvalue weighted by molar-refractivity contribution is 14.1. The Bertz CT molecular complexity index is 814. The molecule has 1 aromatic carbocycles. The van der Waals surface area contributed by atoms with E-state index >= 15 is 0 Å². The molecule has 2 heterocycles. The maximum atomic E-state index is 12.1. The van der Waals surface area contributed by atoms with E-state index in [1.807, 2.05) is 18.2 Å². The molecule has 0 radical (unpaired) electrons. The van der Waals surface area contributed by atoms with E-state index in [9.17, 15) is 8.78 Å². The standard InChI is InChI=1S/C15H11F2IN4O/c16-15(17)23-11-3-2-10(19-7-11)6-20-14-12-5-9(18)1-4-13(12)21-8-22-14/h1-5,7-8,15H,6H2,(H,20,21,22). The van der Waals surface area contributed by atoms with Gasteiger partial charge in [-0.2, -0.15) is 8.78 Å². The summed E-state index contributed by atoms with van der Waals surface area (Å²) in [6, 6.07) is 8.97. The second-order valence-corrected chi connectivity index (χ2v) is 5.85. The first-order valence-corrected chi connectivity index (χ1v) is 7.73. The van der Waals surface area contributed by atoms with E-state index in [2.05, 4.69) is 47.6 Å². The number of rotatable bonds is 5. The summed E-state index contributed by atoms with van der Waals surface area (Å²) in [6.45, 7) is -2.44. The van der Waals surface area contributed by atoms with Crippen molar-refractivity contribution in [3.05, 3.63) is 52.1 Å². The Morgan fingerprint density at radius 3 is 2.74 bits per heavy atom. The third kappa shape index (κ3) is 4.01. The van der Waals surface area contributed by atoms with E-state index < -0.39 is 6.61 Å². The second kappa shape index (κ2) is 6.99. The Kier molecular flexibility index (Phi) is 4.79. The zero-order valence-electron chi connectivity index (χ0n) is 11.7. The van der Waals surface area contributed by atoms with Crippen LogP contribution in [0.5, 0.6) is 5.75 Å². The predicted molar refractivity (Wildman–Crippen MR) is 90.5 cm³/mol. The molecule has 0 spiro atoms. The number of nitrogens with zero attached hydrogens (tertiary/aromatic N) is 3. The van der Waals surface area contributed by atoms with Gasteiger partial charge in [-0.05, 0) is 52.9 Å². The lowest BCUT2D eigenvalue weighted by Crippen LogP contribution is -2.06. The summed E-state index contributed by atoms with van der Waals surface area (Å²) in [5.74, 6) is 0.731. The van der Waals surface area contributed by atoms with Crippen molar-refractivity contribution in [1.29, 1.82) is 0 Å². The lowest BCUT2D eigenvalue weighted by atomic mass is 10.2. The molecular weight excluding hydrogens is 417 g/mol. The van der Waals surface area contributed by atoms with Gasteiger partial charge < -0.3 is 10.1 Å². The van der Waals surface area contributed by atoms with Crippen LogP contribution >= 0.6 is 22.6 Å². The number of ether oxygens (including phenoxy) is 1. The van der Waals surface area contributed by atoms with Crippen LogP contribution in [-0.2, 0) is 6.54 Å². The van der Waals surface area contributed by atoms with Crippen LogP contribution in [-0.4, -0.2) is 21.6 Å². The Labute approximate surface area is 144 Å². The van der Waals surface area contributed by atoms with E-state index in [0.717, 1.165) is 14.5 Å². The highest BCUT2D eigenvalue weighted by Gasteiger charge is 2.06. The third-order valence-corrected chi connectivity index (χ3v) is 3.73. The summed E-state index contributed by atoms with van der Waals surface area (Å²) in [7, 11) is 0. The average molecular weight is 428 g/mol. The fourth-order valence-electron chi connectivity index (χ4n) is 2.03. The number of aromatic nitrogens is 3. The molecule has 0 aliphatic heterocycles. The van der Waals surface area contributed by atoms with Gasteiger partial charge in [0.2, 0.25) is 0 Å². The van der Waals surface area contributed by atoms with Crippen molar-refractivity contribution in [3.8, 4) is 5.75 Å². The molecule has 1 N–H and O–H groups in total. The lowest BCUT2D eigenvalue weighted by molar-refractivity contribution is -0.0500. The van der Waals surface area contributed by atoms with Gasteiger partial charge in [0.25, 0.3) is 0 Å². The van der Waals surface area contributed by atoms with E-state index in [-0.39, 0.29) is 5.75 Å². The summed E-state index contributed by atoms with van der Waals surface area (Å²) >= 11 is 2.23. The van der Waals surface area contributed by atoms with Crippen molar-refractivity contribution in [1.82, 2.24) is 15.0 Å². The number of benzene rings is 1. The van der Waals surface area contributed by atoms with Gasteiger partial charge in [0.1, 0.15) is 17.9 Å². The zero-order chi connectivity index (χ0) is 16.2. The van der Waals surface area contributed by atoms with Crippen LogP contribution in [0.25, 0.3) is 10.9 Å². The summed E-state index contributed by atoms with van der Waals surface area (Å²) < 4.78 is 29.5. The summed E-state index contributed by atoms with van der Waals surface area (Å²) in [4.78, 5) is 12.5. The van der Waals surface area contributed by atoms with Gasteiger partial charge in [-0.3, -0.25) is 4.98 Å². The van der Waals surface area contributed by atoms with E-state index in [1.54, 1.807) is 6.07 Å². The first-order chi connectivity index (χ1) is 11.1. The first-order valence-electron chi connectivity index (χ1n) is 6.66. The molecule has 5 nitrogen and oxygen atoms in total. The smallest absolute Gasteiger partial charge is 0.387 e. The lowest BCUT2D eigenvalue weighted by Gasteiger charge is -2.09. The molecule has 0 fully saturated rings. The fourth-order valence-corrected chi connectivity index (χ4v) is 2.52. The van der Waals surface area contributed by atoms with Crippen molar-refractivity contribution in [2.75, 3.05) is 5.32 Å². The Morgan fingerprint density at radius 2 is 2.00 bits per heavy atom. The molecule has 23 heavy (non-hydrogen) atoms. The SMILES string of the molecule is FC(F)Oc1ccc(CNc2ncnc3ccc(I)cc23)nc1. The quantitative estimate of drug-likeness (QED) is 0.626. The van der Waals surface area contributed by atoms with Gasteiger partial charge in [-0.25, -0.2) is 9.97 Å². The molecule has 0 atom stereocenters. The molecular formula is C15H11F2IN4O. The van der Waals surface area contributed by atoms with Crippen LogP contribution in [0.15, 0.2) is 42.9 Å². The van der Waals surface area contributed by atoms with E-state index in [0.29, 0.717) is 18.1 Å². The average Bonchev–Trinajstić information content (AvgIpc) is 2.53. The number of anilines is 1. The fraction of sp³-hybridized carbons (Fsp3) is 0.133. The van der Waals surface area contributed by atoms with Crippen molar-refractivity contribution in [3.63, 3.8) is 0 Å². The molecule has 3 aromatic rings. The molecule has 3 rings (SSSR count). The van der Waals surface area contributed by atoms with Gasteiger partial charge in [-0.15, -0.1) is 0 Å². The van der Waals surface area contributed by atoms with Crippen LogP contribution in [0.4, 0.5) is 14.6 Å². The molecule has 8 heteroatoms. The Hall–Kier alpha value is -2.10. The maximum absolute atomic E-state index is 12.1. The molecule has 0 amide bonds. The molecule has 0 saturated carbocycles. The van der Waals surface area contributed by atoms with Crippen LogP contribution in [0.1, 0.15) is 5.69 Å². The second-order valence-electron chi connectivity index (χ2n) is 4.60. The predicted octanol–water partition coefficient (Wildman–Crippen LogP) is 3.84. The van der Waals surface area contributed by atoms with Crippen molar-refractivity contribution < 1.29 is 13.5 Å². The van der Waals surface area contributed by atoms with Crippen LogP contribution in [0, 0.1) is 3.57 Å². The molecule has 0 bridgehead atoms. The summed E-state index contributed by atoms with van der Waals surface area (Å²) in [5.41, 5.74) is 1.53. The van der Waals surface area contributed by atoms with Crippen LogP contribution in [0.3, 0.4) is 0 Å². The highest BCUT2D eigenvalue weighted by Crippen LogP contribution is 2.22. The van der Waals surface area contributed by atoms with Crippen molar-refractivity contribution in [2.24, 2.45) is 0 Å². The van der Waals surface area contributed by atoms with Gasteiger partial charge in [0.05, 0.1) is 24.0 Å². The molecule has 0 unspecified atom stereocenters. The molecule has 118 valence electrons. The molecule has 0 aliphatic rings. The van der Waals surface area contributed by atoms with Gasteiger partial charge in [0, 0.05) is 8.96 Å². The van der Waals surface area contributed by atoms with Gasteiger partial charge in [-0.1, -0.05) is 0 Å². The molecule has 0 aliphatic carbocycles. The van der Waals surface area contributed by atoms with Crippen LogP contribution in [0.2, 0.25) is 0 Å². The summed E-state index contributed by atoms with van der Waals surface area (Å²) in [5, 5.41) is 4.10. The van der Waals surface area contributed by atoms with E-state index in [1.165, 1.54) is 18.6 Å². The maximum Gasteiger partial charge on any atom is 0.387 e. The largest absolute Gasteiger partial charge is 0.433 e. The molecule has 0 saturated heterocycles. The number of nitrogens with one attached hydrogen (secondary N) is 1. The van der Waals surface area contributed by atoms with Crippen molar-refractivity contribution in [2.45, 2.75) is 13.2 Å². The van der Waals surface area contributed by atoms with Gasteiger partial charge in [0.15, 0.2) is 0 Å². The minimum atomic E-state index is -2.85. The monoisotopic (exact) mass is 428 g/mol. The Balaban J connectivity index is 1.74. The molecule has 2 aromatic heterocycles. The van der Waals surface area contributed by atoms with E-state index in [4.69, 9.17) is 0 Å². The topological polar surface area (TPSA) is 59.9 Å².